The second-order valence-electron chi connectivity index (χ2n) is 2.87. The third-order valence-corrected chi connectivity index (χ3v) is 2.06. The number of allylic oxidation sites excluding steroid dienone is 1. The first-order valence-electron chi connectivity index (χ1n) is 4.54. The van der Waals surface area contributed by atoms with Crippen LogP contribution in [0.25, 0.3) is 0 Å². The zero-order valence-corrected chi connectivity index (χ0v) is 9.25. The van der Waals surface area contributed by atoms with Crippen molar-refractivity contribution in [3.63, 3.8) is 0 Å². The molecule has 0 bridgehead atoms. The lowest BCUT2D eigenvalue weighted by molar-refractivity contribution is 0.0809. The third kappa shape index (κ3) is 8.69. The van der Waals surface area contributed by atoms with Gasteiger partial charge in [-0.1, -0.05) is 18.2 Å². The van der Waals surface area contributed by atoms with E-state index in [1.54, 1.807) is 6.08 Å². The molecular formula is C9H17O5P. The Kier molecular flexibility index (Phi) is 8.80. The Morgan fingerprint density at radius 1 is 1.27 bits per heavy atom. The summed E-state index contributed by atoms with van der Waals surface area (Å²) >= 11 is 0. The highest BCUT2D eigenvalue weighted by Gasteiger charge is 2.07. The molecule has 0 aromatic rings. The van der Waals surface area contributed by atoms with Gasteiger partial charge >= 0.3 is 8.60 Å². The average molecular weight is 236 g/mol. The van der Waals surface area contributed by atoms with Crippen molar-refractivity contribution in [1.29, 1.82) is 0 Å². The SMILES string of the molecule is C=CC(O)C(O)/C=C/CCCOP(O)O. The molecule has 0 amide bonds. The lowest BCUT2D eigenvalue weighted by Crippen LogP contribution is -2.20. The molecule has 88 valence electrons. The summed E-state index contributed by atoms with van der Waals surface area (Å²) in [5, 5.41) is 18.3. The van der Waals surface area contributed by atoms with Gasteiger partial charge in [0.15, 0.2) is 0 Å². The van der Waals surface area contributed by atoms with Gasteiger partial charge in [-0.15, -0.1) is 6.58 Å². The van der Waals surface area contributed by atoms with Crippen molar-refractivity contribution >= 4 is 8.60 Å². The fourth-order valence-electron chi connectivity index (χ4n) is 0.836. The summed E-state index contributed by atoms with van der Waals surface area (Å²) in [6, 6.07) is 0. The van der Waals surface area contributed by atoms with Crippen molar-refractivity contribution in [2.24, 2.45) is 0 Å². The number of rotatable bonds is 8. The van der Waals surface area contributed by atoms with Gasteiger partial charge in [-0.2, -0.15) is 0 Å². The summed E-state index contributed by atoms with van der Waals surface area (Å²) < 4.78 is 4.53. The number of hydrogen-bond acceptors (Lipinski definition) is 5. The monoisotopic (exact) mass is 236 g/mol. The summed E-state index contributed by atoms with van der Waals surface area (Å²) in [6.45, 7) is 3.59. The van der Waals surface area contributed by atoms with Gasteiger partial charge in [0.05, 0.1) is 6.61 Å². The van der Waals surface area contributed by atoms with Crippen molar-refractivity contribution in [2.75, 3.05) is 6.61 Å². The number of aliphatic hydroxyl groups is 2. The maximum Gasteiger partial charge on any atom is 0.327 e. The maximum atomic E-state index is 9.25. The lowest BCUT2D eigenvalue weighted by atomic mass is 10.1. The molecular weight excluding hydrogens is 219 g/mol. The van der Waals surface area contributed by atoms with Gasteiger partial charge in [-0.25, -0.2) is 0 Å². The van der Waals surface area contributed by atoms with Crippen molar-refractivity contribution in [1.82, 2.24) is 0 Å². The van der Waals surface area contributed by atoms with E-state index in [1.807, 2.05) is 0 Å². The first-order valence-corrected chi connectivity index (χ1v) is 5.70. The largest absolute Gasteiger partial charge is 0.386 e. The third-order valence-electron chi connectivity index (χ3n) is 1.65. The Labute approximate surface area is 90.3 Å². The second kappa shape index (κ2) is 8.97. The molecule has 0 saturated carbocycles. The molecule has 0 heterocycles. The number of aliphatic hydroxyl groups excluding tert-OH is 2. The van der Waals surface area contributed by atoms with Crippen molar-refractivity contribution in [3.05, 3.63) is 24.8 Å². The van der Waals surface area contributed by atoms with E-state index in [-0.39, 0.29) is 6.61 Å². The Balaban J connectivity index is 3.49. The number of hydrogen-bond donors (Lipinski definition) is 4. The van der Waals surface area contributed by atoms with Crippen molar-refractivity contribution < 1.29 is 24.5 Å². The standard InChI is InChI=1S/C9H17O5P/c1-2-8(10)9(11)6-4-3-5-7-14-15(12)13/h2,4,6,8-13H,1,3,5,7H2/b6-4+. The van der Waals surface area contributed by atoms with Crippen LogP contribution >= 0.6 is 8.60 Å². The van der Waals surface area contributed by atoms with Gasteiger partial charge in [-0.05, 0) is 12.8 Å². The van der Waals surface area contributed by atoms with Crippen LogP contribution in [0.2, 0.25) is 0 Å². The van der Waals surface area contributed by atoms with Gasteiger partial charge in [0, 0.05) is 0 Å². The van der Waals surface area contributed by atoms with E-state index >= 15 is 0 Å². The van der Waals surface area contributed by atoms with Crippen LogP contribution in [0.3, 0.4) is 0 Å². The Bertz CT molecular complexity index is 195. The van der Waals surface area contributed by atoms with E-state index in [2.05, 4.69) is 11.1 Å². The van der Waals surface area contributed by atoms with Gasteiger partial charge in [0.25, 0.3) is 0 Å². The second-order valence-corrected chi connectivity index (χ2v) is 3.64. The van der Waals surface area contributed by atoms with Crippen molar-refractivity contribution in [2.45, 2.75) is 25.0 Å². The quantitative estimate of drug-likeness (QED) is 0.279. The van der Waals surface area contributed by atoms with E-state index in [0.717, 1.165) is 0 Å². The minimum atomic E-state index is -2.27. The highest BCUT2D eigenvalue weighted by Crippen LogP contribution is 2.24. The molecule has 0 aliphatic heterocycles. The first-order chi connectivity index (χ1) is 7.07. The lowest BCUT2D eigenvalue weighted by Gasteiger charge is -2.08. The van der Waals surface area contributed by atoms with Gasteiger partial charge in [0.1, 0.15) is 12.2 Å². The molecule has 5 nitrogen and oxygen atoms in total. The molecule has 0 aromatic heterocycles. The van der Waals surface area contributed by atoms with Crippen LogP contribution in [-0.4, -0.2) is 38.8 Å². The van der Waals surface area contributed by atoms with E-state index < -0.39 is 20.8 Å². The number of unbranched alkanes of at least 4 members (excludes halogenated alkanes) is 1. The van der Waals surface area contributed by atoms with E-state index in [0.29, 0.717) is 12.8 Å². The van der Waals surface area contributed by atoms with Gasteiger partial charge < -0.3 is 24.5 Å². The molecule has 2 atom stereocenters. The molecule has 0 spiro atoms. The Morgan fingerprint density at radius 3 is 2.47 bits per heavy atom. The van der Waals surface area contributed by atoms with Crippen LogP contribution in [0, 0.1) is 0 Å². The predicted molar refractivity (Wildman–Crippen MR) is 57.9 cm³/mol. The summed E-state index contributed by atoms with van der Waals surface area (Å²) in [7, 11) is -2.27. The highest BCUT2D eigenvalue weighted by atomic mass is 31.2. The fourth-order valence-corrected chi connectivity index (χ4v) is 1.13. The van der Waals surface area contributed by atoms with Crippen LogP contribution in [0.1, 0.15) is 12.8 Å². The van der Waals surface area contributed by atoms with Crippen LogP contribution in [0.5, 0.6) is 0 Å². The highest BCUT2D eigenvalue weighted by molar-refractivity contribution is 7.39. The predicted octanol–water partition coefficient (Wildman–Crippen LogP) is 0.459. The molecule has 15 heavy (non-hydrogen) atoms. The van der Waals surface area contributed by atoms with Crippen molar-refractivity contribution in [3.8, 4) is 0 Å². The average Bonchev–Trinajstić information content (AvgIpc) is 2.21. The molecule has 0 saturated heterocycles. The Hall–Kier alpha value is -0.290. The topological polar surface area (TPSA) is 90.2 Å². The smallest absolute Gasteiger partial charge is 0.327 e. The van der Waals surface area contributed by atoms with Crippen LogP contribution in [-0.2, 0) is 4.52 Å². The van der Waals surface area contributed by atoms with E-state index in [4.69, 9.17) is 14.9 Å². The molecule has 0 radical (unpaired) electrons. The molecule has 6 heteroatoms. The van der Waals surface area contributed by atoms with E-state index in [9.17, 15) is 5.11 Å². The molecule has 0 aliphatic carbocycles. The fraction of sp³-hybridized carbons (Fsp3) is 0.556. The summed E-state index contributed by atoms with van der Waals surface area (Å²) in [4.78, 5) is 16.8. The zero-order chi connectivity index (χ0) is 11.7. The Morgan fingerprint density at radius 2 is 1.93 bits per heavy atom. The van der Waals surface area contributed by atoms with Gasteiger partial charge in [0.2, 0.25) is 0 Å². The minimum absolute atomic E-state index is 0.253. The normalized spacial score (nSPS) is 15.8. The minimum Gasteiger partial charge on any atom is -0.386 e. The molecule has 0 aromatic carbocycles. The van der Waals surface area contributed by atoms with Gasteiger partial charge in [-0.3, -0.25) is 0 Å². The molecule has 0 aliphatic rings. The summed E-state index contributed by atoms with van der Waals surface area (Å²) in [6.07, 6.45) is 3.75. The molecule has 4 N–H and O–H groups in total. The van der Waals surface area contributed by atoms with Crippen LogP contribution in [0.15, 0.2) is 24.8 Å². The zero-order valence-electron chi connectivity index (χ0n) is 8.36. The summed E-state index contributed by atoms with van der Waals surface area (Å²) in [5.74, 6) is 0. The van der Waals surface area contributed by atoms with Crippen LogP contribution < -0.4 is 0 Å². The molecule has 2 unspecified atom stereocenters. The molecule has 0 rings (SSSR count). The van der Waals surface area contributed by atoms with Crippen LogP contribution in [0.4, 0.5) is 0 Å². The summed E-state index contributed by atoms with van der Waals surface area (Å²) in [5.41, 5.74) is 0. The first kappa shape index (κ1) is 14.7. The van der Waals surface area contributed by atoms with E-state index in [1.165, 1.54) is 12.2 Å². The molecule has 0 fully saturated rings. The maximum absolute atomic E-state index is 9.25.